The fraction of sp³-hybridized carbons (Fsp3) is 0.118. The molecular formula is C17H14O5. The highest BCUT2D eigenvalue weighted by Crippen LogP contribution is 2.43. The number of hydrogen-bond acceptors (Lipinski definition) is 5. The standard InChI is InChI=1S/C17H14O5/c1-20-14-8-7-11(17(21-2)16(14)19)15-9-12(18)10-5-3-4-6-13(10)22-15/h3-9,19H,1-2H3. The molecule has 0 fully saturated rings. The van der Waals surface area contributed by atoms with Crippen LogP contribution in [0, 0.1) is 0 Å². The smallest absolute Gasteiger partial charge is 0.201 e. The third-order valence-corrected chi connectivity index (χ3v) is 3.42. The van der Waals surface area contributed by atoms with Gasteiger partial charge in [-0.2, -0.15) is 0 Å². The summed E-state index contributed by atoms with van der Waals surface area (Å²) in [5.41, 5.74) is 0.792. The van der Waals surface area contributed by atoms with E-state index in [1.54, 1.807) is 36.4 Å². The minimum absolute atomic E-state index is 0.140. The van der Waals surface area contributed by atoms with Gasteiger partial charge >= 0.3 is 0 Å². The Morgan fingerprint density at radius 3 is 2.55 bits per heavy atom. The summed E-state index contributed by atoms with van der Waals surface area (Å²) in [5.74, 6) is 0.651. The number of para-hydroxylation sites is 1. The number of fused-ring (bicyclic) bond motifs is 1. The van der Waals surface area contributed by atoms with Crippen LogP contribution >= 0.6 is 0 Å². The number of benzene rings is 2. The summed E-state index contributed by atoms with van der Waals surface area (Å²) in [6, 6.07) is 11.6. The Bertz CT molecular complexity index is 895. The number of hydrogen-bond donors (Lipinski definition) is 1. The van der Waals surface area contributed by atoms with Crippen molar-refractivity contribution >= 4 is 11.0 Å². The van der Waals surface area contributed by atoms with Crippen LogP contribution in [0.4, 0.5) is 0 Å². The van der Waals surface area contributed by atoms with E-state index in [4.69, 9.17) is 13.9 Å². The van der Waals surface area contributed by atoms with Gasteiger partial charge in [-0.05, 0) is 24.3 Å². The van der Waals surface area contributed by atoms with Crippen molar-refractivity contribution in [2.75, 3.05) is 14.2 Å². The molecule has 0 saturated heterocycles. The number of ether oxygens (including phenoxy) is 2. The van der Waals surface area contributed by atoms with Crippen molar-refractivity contribution in [2.45, 2.75) is 0 Å². The highest BCUT2D eigenvalue weighted by molar-refractivity contribution is 5.80. The molecule has 2 aromatic carbocycles. The monoisotopic (exact) mass is 298 g/mol. The van der Waals surface area contributed by atoms with E-state index in [9.17, 15) is 9.90 Å². The summed E-state index contributed by atoms with van der Waals surface area (Å²) < 4.78 is 16.1. The van der Waals surface area contributed by atoms with Gasteiger partial charge in [0.2, 0.25) is 5.75 Å². The fourth-order valence-electron chi connectivity index (χ4n) is 2.36. The van der Waals surface area contributed by atoms with Crippen molar-refractivity contribution in [3.05, 3.63) is 52.7 Å². The topological polar surface area (TPSA) is 68.9 Å². The lowest BCUT2D eigenvalue weighted by atomic mass is 10.1. The van der Waals surface area contributed by atoms with Crippen LogP contribution in [0.2, 0.25) is 0 Å². The van der Waals surface area contributed by atoms with Gasteiger partial charge in [-0.3, -0.25) is 4.79 Å². The zero-order valence-corrected chi connectivity index (χ0v) is 12.1. The van der Waals surface area contributed by atoms with E-state index in [1.165, 1.54) is 20.3 Å². The van der Waals surface area contributed by atoms with E-state index in [1.807, 2.05) is 0 Å². The van der Waals surface area contributed by atoms with Gasteiger partial charge in [-0.25, -0.2) is 0 Å². The molecule has 0 aliphatic heterocycles. The average molecular weight is 298 g/mol. The molecule has 1 heterocycles. The molecule has 5 nitrogen and oxygen atoms in total. The van der Waals surface area contributed by atoms with E-state index in [2.05, 4.69) is 0 Å². The third kappa shape index (κ3) is 2.16. The summed E-state index contributed by atoms with van der Waals surface area (Å²) in [6.07, 6.45) is 0. The molecule has 3 aromatic rings. The van der Waals surface area contributed by atoms with Gasteiger partial charge in [0.15, 0.2) is 16.9 Å². The zero-order chi connectivity index (χ0) is 15.7. The average Bonchev–Trinajstić information content (AvgIpc) is 2.54. The maximum absolute atomic E-state index is 12.2. The first-order chi connectivity index (χ1) is 10.7. The molecular weight excluding hydrogens is 284 g/mol. The van der Waals surface area contributed by atoms with E-state index in [0.717, 1.165) is 0 Å². The predicted octanol–water partition coefficient (Wildman–Crippen LogP) is 3.18. The van der Waals surface area contributed by atoms with Crippen molar-refractivity contribution in [2.24, 2.45) is 0 Å². The van der Waals surface area contributed by atoms with Crippen LogP contribution in [0.3, 0.4) is 0 Å². The van der Waals surface area contributed by atoms with Gasteiger partial charge in [0.05, 0.1) is 25.2 Å². The second-order valence-electron chi connectivity index (χ2n) is 4.67. The Morgan fingerprint density at radius 1 is 1.05 bits per heavy atom. The van der Waals surface area contributed by atoms with E-state index >= 15 is 0 Å². The van der Waals surface area contributed by atoms with Crippen LogP contribution in [0.5, 0.6) is 17.2 Å². The lowest BCUT2D eigenvalue weighted by Gasteiger charge is -2.12. The quantitative estimate of drug-likeness (QED) is 0.804. The molecule has 0 atom stereocenters. The van der Waals surface area contributed by atoms with E-state index in [-0.39, 0.29) is 22.7 Å². The van der Waals surface area contributed by atoms with Gasteiger partial charge in [-0.15, -0.1) is 0 Å². The maximum atomic E-state index is 12.2. The number of methoxy groups -OCH3 is 2. The first kappa shape index (κ1) is 14.0. The molecule has 5 heteroatoms. The summed E-state index contributed by atoms with van der Waals surface area (Å²) in [4.78, 5) is 12.2. The van der Waals surface area contributed by atoms with Crippen LogP contribution in [-0.4, -0.2) is 19.3 Å². The largest absolute Gasteiger partial charge is 0.502 e. The number of phenolic OH excluding ortho intramolecular Hbond substituents is 1. The van der Waals surface area contributed by atoms with Crippen LogP contribution in [-0.2, 0) is 0 Å². The van der Waals surface area contributed by atoms with Crippen molar-refractivity contribution in [3.63, 3.8) is 0 Å². The van der Waals surface area contributed by atoms with Crippen LogP contribution in [0.25, 0.3) is 22.3 Å². The molecule has 3 rings (SSSR count). The van der Waals surface area contributed by atoms with Gasteiger partial charge in [0.25, 0.3) is 0 Å². The first-order valence-corrected chi connectivity index (χ1v) is 6.63. The maximum Gasteiger partial charge on any atom is 0.201 e. The summed E-state index contributed by atoms with van der Waals surface area (Å²) in [7, 11) is 2.88. The molecule has 0 aliphatic rings. The summed E-state index contributed by atoms with van der Waals surface area (Å²) in [5, 5.41) is 10.6. The molecule has 22 heavy (non-hydrogen) atoms. The predicted molar refractivity (Wildman–Crippen MR) is 82.7 cm³/mol. The first-order valence-electron chi connectivity index (χ1n) is 6.63. The number of rotatable bonds is 3. The normalized spacial score (nSPS) is 10.6. The molecule has 0 saturated carbocycles. The second kappa shape index (κ2) is 5.44. The van der Waals surface area contributed by atoms with Crippen molar-refractivity contribution in [1.82, 2.24) is 0 Å². The summed E-state index contributed by atoms with van der Waals surface area (Å²) in [6.45, 7) is 0. The van der Waals surface area contributed by atoms with Crippen LogP contribution in [0.15, 0.2) is 51.7 Å². The molecule has 0 bridgehead atoms. The molecule has 0 unspecified atom stereocenters. The Labute approximate surface area is 126 Å². The van der Waals surface area contributed by atoms with Crippen molar-refractivity contribution in [1.29, 1.82) is 0 Å². The van der Waals surface area contributed by atoms with Crippen LogP contribution in [0.1, 0.15) is 0 Å². The molecule has 0 aliphatic carbocycles. The van der Waals surface area contributed by atoms with Crippen LogP contribution < -0.4 is 14.9 Å². The second-order valence-corrected chi connectivity index (χ2v) is 4.67. The highest BCUT2D eigenvalue weighted by Gasteiger charge is 2.18. The minimum Gasteiger partial charge on any atom is -0.502 e. The molecule has 0 amide bonds. The van der Waals surface area contributed by atoms with Gasteiger partial charge in [0, 0.05) is 6.07 Å². The van der Waals surface area contributed by atoms with Gasteiger partial charge in [0.1, 0.15) is 11.3 Å². The lowest BCUT2D eigenvalue weighted by Crippen LogP contribution is -2.01. The van der Waals surface area contributed by atoms with E-state index in [0.29, 0.717) is 22.3 Å². The summed E-state index contributed by atoms with van der Waals surface area (Å²) >= 11 is 0. The Morgan fingerprint density at radius 2 is 1.82 bits per heavy atom. The number of aromatic hydroxyl groups is 1. The fourth-order valence-corrected chi connectivity index (χ4v) is 2.36. The van der Waals surface area contributed by atoms with Gasteiger partial charge < -0.3 is 19.0 Å². The van der Waals surface area contributed by atoms with Crippen molar-refractivity contribution in [3.8, 4) is 28.6 Å². The molecule has 0 spiro atoms. The molecule has 0 radical (unpaired) electrons. The van der Waals surface area contributed by atoms with E-state index < -0.39 is 0 Å². The Balaban J connectivity index is 2.28. The Kier molecular flexibility index (Phi) is 3.47. The third-order valence-electron chi connectivity index (χ3n) is 3.42. The SMILES string of the molecule is COc1ccc(-c2cc(=O)c3ccccc3o2)c(OC)c1O. The molecule has 112 valence electrons. The highest BCUT2D eigenvalue weighted by atomic mass is 16.5. The lowest BCUT2D eigenvalue weighted by molar-refractivity contribution is 0.340. The molecule has 1 aromatic heterocycles. The minimum atomic E-state index is -0.158. The van der Waals surface area contributed by atoms with Crippen molar-refractivity contribution < 1.29 is 19.0 Å². The molecule has 1 N–H and O–H groups in total. The zero-order valence-electron chi connectivity index (χ0n) is 12.1. The Hall–Kier alpha value is -2.95. The van der Waals surface area contributed by atoms with Gasteiger partial charge in [-0.1, -0.05) is 12.1 Å². The number of phenols is 1.